The van der Waals surface area contributed by atoms with Gasteiger partial charge in [-0.2, -0.15) is 0 Å². The van der Waals surface area contributed by atoms with Crippen LogP contribution >= 0.6 is 15.9 Å². The van der Waals surface area contributed by atoms with E-state index >= 15 is 0 Å². The highest BCUT2D eigenvalue weighted by atomic mass is 79.9. The van der Waals surface area contributed by atoms with E-state index in [4.69, 9.17) is 0 Å². The van der Waals surface area contributed by atoms with Crippen molar-refractivity contribution in [2.24, 2.45) is 0 Å². The lowest BCUT2D eigenvalue weighted by Gasteiger charge is -2.19. The number of halogens is 1. The van der Waals surface area contributed by atoms with E-state index < -0.39 is 0 Å². The second-order valence-corrected chi connectivity index (χ2v) is 9.06. The van der Waals surface area contributed by atoms with Crippen LogP contribution in [0.5, 0.6) is 5.75 Å². The van der Waals surface area contributed by atoms with Crippen LogP contribution in [0.15, 0.2) is 77.3 Å². The molecule has 30 heavy (non-hydrogen) atoms. The standard InChI is InChI=1S/C28H21BrO/c29-27-19-13-11-17-9-10-18(12-15-20(16-14-19)28(27)30)26-24-8-4-2-6-22(24)21-5-1-3-7-23(21)25(17)26/h1-10,14,16,30H,11-13,15H2. The number of phenolic OH excluding ortho intramolecular Hbond substituents is 1. The van der Waals surface area contributed by atoms with Gasteiger partial charge in [-0.1, -0.05) is 72.8 Å². The summed E-state index contributed by atoms with van der Waals surface area (Å²) in [4.78, 5) is 0. The highest BCUT2D eigenvalue weighted by molar-refractivity contribution is 9.10. The van der Waals surface area contributed by atoms with Crippen LogP contribution in [0.3, 0.4) is 0 Å². The quantitative estimate of drug-likeness (QED) is 0.241. The summed E-state index contributed by atoms with van der Waals surface area (Å²) in [6.07, 6.45) is 3.55. The molecule has 0 saturated heterocycles. The maximum atomic E-state index is 10.7. The summed E-state index contributed by atoms with van der Waals surface area (Å²) in [7, 11) is 0. The van der Waals surface area contributed by atoms with Gasteiger partial charge in [-0.15, -0.1) is 0 Å². The molecular formula is C28H21BrO. The molecule has 0 atom stereocenters. The van der Waals surface area contributed by atoms with Gasteiger partial charge in [-0.25, -0.2) is 0 Å². The van der Waals surface area contributed by atoms with Crippen molar-refractivity contribution in [2.75, 3.05) is 0 Å². The first-order chi connectivity index (χ1) is 14.7. The van der Waals surface area contributed by atoms with Gasteiger partial charge in [0.15, 0.2) is 0 Å². The van der Waals surface area contributed by atoms with E-state index in [1.807, 2.05) is 0 Å². The average Bonchev–Trinajstić information content (AvgIpc) is 2.78. The highest BCUT2D eigenvalue weighted by Crippen LogP contribution is 2.41. The Morgan fingerprint density at radius 1 is 0.500 bits per heavy atom. The van der Waals surface area contributed by atoms with E-state index in [0.717, 1.165) is 35.7 Å². The molecule has 0 unspecified atom stereocenters. The van der Waals surface area contributed by atoms with Gasteiger partial charge < -0.3 is 5.11 Å². The summed E-state index contributed by atoms with van der Waals surface area (Å²) < 4.78 is 0.856. The zero-order valence-corrected chi connectivity index (χ0v) is 18.2. The van der Waals surface area contributed by atoms with Gasteiger partial charge in [0.2, 0.25) is 0 Å². The summed E-state index contributed by atoms with van der Waals surface area (Å²) in [6, 6.07) is 26.6. The van der Waals surface area contributed by atoms with Crippen LogP contribution in [0.2, 0.25) is 0 Å². The smallest absolute Gasteiger partial charge is 0.133 e. The Kier molecular flexibility index (Phi) is 4.10. The van der Waals surface area contributed by atoms with Gasteiger partial charge in [-0.3, -0.25) is 0 Å². The predicted octanol–water partition coefficient (Wildman–Crippen LogP) is 7.50. The van der Waals surface area contributed by atoms with Crippen molar-refractivity contribution >= 4 is 48.2 Å². The van der Waals surface area contributed by atoms with Crippen molar-refractivity contribution in [3.8, 4) is 5.75 Å². The largest absolute Gasteiger partial charge is 0.506 e. The number of benzene rings is 5. The van der Waals surface area contributed by atoms with Crippen molar-refractivity contribution in [3.05, 3.63) is 99.5 Å². The van der Waals surface area contributed by atoms with Gasteiger partial charge >= 0.3 is 0 Å². The molecule has 146 valence electrons. The molecule has 1 N–H and O–H groups in total. The number of rotatable bonds is 0. The molecule has 9 rings (SSSR count). The number of aryl methyl sites for hydroxylation is 4. The van der Waals surface area contributed by atoms with Crippen molar-refractivity contribution in [3.63, 3.8) is 0 Å². The van der Waals surface area contributed by atoms with E-state index in [0.29, 0.717) is 5.75 Å². The zero-order valence-electron chi connectivity index (χ0n) is 16.6. The van der Waals surface area contributed by atoms with Crippen molar-refractivity contribution in [1.82, 2.24) is 0 Å². The Labute approximate surface area is 184 Å². The third-order valence-corrected chi connectivity index (χ3v) is 7.55. The SMILES string of the molecule is Oc1c2ccc(c1Br)CCc1ccc(c3c4ccccc4c4ccccc4c13)CC2. The molecule has 2 heteroatoms. The normalized spacial score (nSPS) is 13.8. The summed E-state index contributed by atoms with van der Waals surface area (Å²) in [5.74, 6) is 0.405. The first-order valence-electron chi connectivity index (χ1n) is 10.6. The monoisotopic (exact) mass is 452 g/mol. The first-order valence-corrected chi connectivity index (χ1v) is 11.3. The average molecular weight is 453 g/mol. The number of aromatic hydroxyl groups is 1. The van der Waals surface area contributed by atoms with E-state index in [1.54, 1.807) is 0 Å². The maximum absolute atomic E-state index is 10.7. The molecule has 0 saturated carbocycles. The number of hydrogen-bond donors (Lipinski definition) is 1. The number of phenols is 1. The lowest BCUT2D eigenvalue weighted by molar-refractivity contribution is 0.463. The molecule has 5 aromatic rings. The minimum Gasteiger partial charge on any atom is -0.506 e. The summed E-state index contributed by atoms with van der Waals surface area (Å²) in [5.41, 5.74) is 4.91. The van der Waals surface area contributed by atoms with E-state index in [1.165, 1.54) is 49.0 Å². The van der Waals surface area contributed by atoms with Crippen LogP contribution in [0.25, 0.3) is 32.3 Å². The fraction of sp³-hybridized carbons (Fsp3) is 0.143. The van der Waals surface area contributed by atoms with Crippen LogP contribution < -0.4 is 0 Å². The Balaban J connectivity index is 1.74. The Bertz CT molecular complexity index is 1350. The molecule has 4 aliphatic rings. The molecule has 1 nitrogen and oxygen atoms in total. The van der Waals surface area contributed by atoms with Gasteiger partial charge in [0.05, 0.1) is 4.47 Å². The van der Waals surface area contributed by atoms with Crippen LogP contribution in [-0.4, -0.2) is 5.11 Å². The molecule has 0 spiro atoms. The van der Waals surface area contributed by atoms with Gasteiger partial charge in [-0.05, 0) is 96.2 Å². The minimum atomic E-state index is 0.405. The zero-order chi connectivity index (χ0) is 20.2. The van der Waals surface area contributed by atoms with Crippen molar-refractivity contribution in [2.45, 2.75) is 25.7 Å². The van der Waals surface area contributed by atoms with Crippen molar-refractivity contribution in [1.29, 1.82) is 0 Å². The summed E-state index contributed by atoms with van der Waals surface area (Å²) >= 11 is 3.64. The molecule has 0 aliphatic heterocycles. The van der Waals surface area contributed by atoms with Crippen LogP contribution in [-0.2, 0) is 25.7 Å². The molecule has 0 radical (unpaired) electrons. The Morgan fingerprint density at radius 2 is 0.900 bits per heavy atom. The molecule has 5 aromatic carbocycles. The first kappa shape index (κ1) is 18.0. The van der Waals surface area contributed by atoms with E-state index in [-0.39, 0.29) is 0 Å². The second kappa shape index (κ2) is 6.85. The lowest BCUT2D eigenvalue weighted by atomic mass is 9.85. The maximum Gasteiger partial charge on any atom is 0.133 e. The second-order valence-electron chi connectivity index (χ2n) is 8.27. The molecule has 0 heterocycles. The van der Waals surface area contributed by atoms with Gasteiger partial charge in [0.1, 0.15) is 5.75 Å². The van der Waals surface area contributed by atoms with Crippen LogP contribution in [0.4, 0.5) is 0 Å². The van der Waals surface area contributed by atoms with E-state index in [2.05, 4.69) is 88.7 Å². The third kappa shape index (κ3) is 2.60. The summed E-state index contributed by atoms with van der Waals surface area (Å²) in [5, 5.41) is 18.8. The molecule has 4 bridgehead atoms. The van der Waals surface area contributed by atoms with Gasteiger partial charge in [0.25, 0.3) is 0 Å². The predicted molar refractivity (Wildman–Crippen MR) is 130 cm³/mol. The number of hydrogen-bond acceptors (Lipinski definition) is 1. The lowest BCUT2D eigenvalue weighted by Crippen LogP contribution is -2.02. The minimum absolute atomic E-state index is 0.405. The molecule has 0 aromatic heterocycles. The van der Waals surface area contributed by atoms with Crippen molar-refractivity contribution < 1.29 is 5.11 Å². The highest BCUT2D eigenvalue weighted by Gasteiger charge is 2.18. The number of fused-ring (bicyclic) bond motifs is 3. The van der Waals surface area contributed by atoms with E-state index in [9.17, 15) is 5.11 Å². The molecule has 4 aliphatic carbocycles. The molecule has 0 fully saturated rings. The van der Waals surface area contributed by atoms with Crippen LogP contribution in [0.1, 0.15) is 22.3 Å². The Morgan fingerprint density at radius 3 is 1.47 bits per heavy atom. The van der Waals surface area contributed by atoms with Gasteiger partial charge in [0, 0.05) is 0 Å². The fourth-order valence-corrected chi connectivity index (χ4v) is 5.76. The van der Waals surface area contributed by atoms with Crippen LogP contribution in [0, 0.1) is 0 Å². The Hall–Kier alpha value is -2.84. The third-order valence-electron chi connectivity index (χ3n) is 6.67. The molecule has 0 amide bonds. The summed E-state index contributed by atoms with van der Waals surface area (Å²) in [6.45, 7) is 0. The topological polar surface area (TPSA) is 20.2 Å². The molecular weight excluding hydrogens is 432 g/mol. The fourth-order valence-electron chi connectivity index (χ4n) is 5.17.